The number of anilines is 1. The van der Waals surface area contributed by atoms with Gasteiger partial charge in [0.15, 0.2) is 0 Å². The van der Waals surface area contributed by atoms with Gasteiger partial charge in [-0.05, 0) is 30.5 Å². The molecule has 0 fully saturated rings. The van der Waals surface area contributed by atoms with Gasteiger partial charge in [0.2, 0.25) is 0 Å². The van der Waals surface area contributed by atoms with Crippen LogP contribution in [0.5, 0.6) is 0 Å². The molecule has 0 aliphatic rings. The molecule has 0 radical (unpaired) electrons. The Morgan fingerprint density at radius 2 is 2.13 bits per heavy atom. The van der Waals surface area contributed by atoms with Gasteiger partial charge in [0, 0.05) is 12.2 Å². The lowest BCUT2D eigenvalue weighted by Crippen LogP contribution is -2.29. The molecule has 1 aromatic rings. The first-order chi connectivity index (χ1) is 7.19. The zero-order chi connectivity index (χ0) is 11.3. The Labute approximate surface area is 90.3 Å². The van der Waals surface area contributed by atoms with E-state index in [1.165, 1.54) is 4.90 Å². The lowest BCUT2D eigenvalue weighted by Gasteiger charge is -2.18. The minimum Gasteiger partial charge on any atom is -0.465 e. The Morgan fingerprint density at radius 1 is 1.40 bits per heavy atom. The third-order valence-corrected chi connectivity index (χ3v) is 2.31. The Kier molecular flexibility index (Phi) is 4.16. The lowest BCUT2D eigenvalue weighted by atomic mass is 10.1. The van der Waals surface area contributed by atoms with Crippen LogP contribution in [0, 0.1) is 0 Å². The van der Waals surface area contributed by atoms with E-state index < -0.39 is 6.09 Å². The van der Waals surface area contributed by atoms with Crippen molar-refractivity contribution < 1.29 is 9.90 Å². The quantitative estimate of drug-likeness (QED) is 0.823. The first-order valence-corrected chi connectivity index (χ1v) is 5.28. The summed E-state index contributed by atoms with van der Waals surface area (Å²) in [5.74, 6) is 0. The molecule has 0 bridgehead atoms. The highest BCUT2D eigenvalue weighted by molar-refractivity contribution is 5.86. The fraction of sp³-hybridized carbons (Fsp3) is 0.417. The number of benzene rings is 1. The Hall–Kier alpha value is -1.51. The molecule has 0 unspecified atom stereocenters. The molecule has 0 spiro atoms. The van der Waals surface area contributed by atoms with Crippen molar-refractivity contribution in [2.75, 3.05) is 11.4 Å². The van der Waals surface area contributed by atoms with Crippen LogP contribution in [0.3, 0.4) is 0 Å². The van der Waals surface area contributed by atoms with Crippen LogP contribution in [0.4, 0.5) is 10.5 Å². The van der Waals surface area contributed by atoms with Crippen molar-refractivity contribution >= 4 is 11.8 Å². The molecular weight excluding hydrogens is 190 g/mol. The predicted octanol–water partition coefficient (Wildman–Crippen LogP) is 3.14. The maximum Gasteiger partial charge on any atom is 0.411 e. The van der Waals surface area contributed by atoms with Crippen molar-refractivity contribution in [2.45, 2.75) is 26.7 Å². The topological polar surface area (TPSA) is 40.5 Å². The van der Waals surface area contributed by atoms with Gasteiger partial charge in [-0.15, -0.1) is 0 Å². The zero-order valence-corrected chi connectivity index (χ0v) is 9.23. The molecule has 0 atom stereocenters. The standard InChI is InChI=1S/C12H17NO2/c1-3-8-13(12(14)15)11-7-5-6-10(4-2)9-11/h5-7,9H,3-4,8H2,1-2H3,(H,14,15). The van der Waals surface area contributed by atoms with Gasteiger partial charge in [-0.3, -0.25) is 4.90 Å². The maximum absolute atomic E-state index is 11.0. The van der Waals surface area contributed by atoms with E-state index in [-0.39, 0.29) is 0 Å². The van der Waals surface area contributed by atoms with Crippen molar-refractivity contribution in [1.29, 1.82) is 0 Å². The molecule has 0 heterocycles. The van der Waals surface area contributed by atoms with Gasteiger partial charge >= 0.3 is 6.09 Å². The van der Waals surface area contributed by atoms with E-state index in [2.05, 4.69) is 6.92 Å². The summed E-state index contributed by atoms with van der Waals surface area (Å²) in [6.45, 7) is 4.58. The van der Waals surface area contributed by atoms with E-state index in [4.69, 9.17) is 5.11 Å². The second kappa shape index (κ2) is 5.39. The van der Waals surface area contributed by atoms with E-state index >= 15 is 0 Å². The Balaban J connectivity index is 2.94. The van der Waals surface area contributed by atoms with Gasteiger partial charge in [0.05, 0.1) is 0 Å². The summed E-state index contributed by atoms with van der Waals surface area (Å²) in [5, 5.41) is 9.05. The van der Waals surface area contributed by atoms with Crippen LogP contribution >= 0.6 is 0 Å². The number of aryl methyl sites for hydroxylation is 1. The molecule has 3 heteroatoms. The number of carboxylic acid groups (broad SMARTS) is 1. The molecule has 0 aliphatic heterocycles. The fourth-order valence-electron chi connectivity index (χ4n) is 1.50. The highest BCUT2D eigenvalue weighted by Gasteiger charge is 2.12. The van der Waals surface area contributed by atoms with Gasteiger partial charge in [-0.25, -0.2) is 4.79 Å². The third kappa shape index (κ3) is 2.98. The number of amides is 1. The molecule has 15 heavy (non-hydrogen) atoms. The van der Waals surface area contributed by atoms with Gasteiger partial charge in [0.25, 0.3) is 0 Å². The smallest absolute Gasteiger partial charge is 0.411 e. The van der Waals surface area contributed by atoms with Gasteiger partial charge in [0.1, 0.15) is 0 Å². The Bertz CT molecular complexity index is 336. The normalized spacial score (nSPS) is 10.0. The molecule has 82 valence electrons. The number of rotatable bonds is 4. The van der Waals surface area contributed by atoms with Crippen molar-refractivity contribution in [3.8, 4) is 0 Å². The highest BCUT2D eigenvalue weighted by Crippen LogP contribution is 2.17. The van der Waals surface area contributed by atoms with Crippen LogP contribution in [-0.4, -0.2) is 17.7 Å². The van der Waals surface area contributed by atoms with Crippen molar-refractivity contribution in [1.82, 2.24) is 0 Å². The second-order valence-corrected chi connectivity index (χ2v) is 3.46. The minimum absolute atomic E-state index is 0.544. The number of nitrogens with zero attached hydrogens (tertiary/aromatic N) is 1. The first-order valence-electron chi connectivity index (χ1n) is 5.28. The van der Waals surface area contributed by atoms with E-state index in [1.54, 1.807) is 0 Å². The number of hydrogen-bond acceptors (Lipinski definition) is 1. The summed E-state index contributed by atoms with van der Waals surface area (Å²) in [6.07, 6.45) is 0.862. The van der Waals surface area contributed by atoms with Crippen molar-refractivity contribution in [2.24, 2.45) is 0 Å². The molecular formula is C12H17NO2. The summed E-state index contributed by atoms with van der Waals surface area (Å²) in [6, 6.07) is 7.68. The van der Waals surface area contributed by atoms with Crippen LogP contribution in [-0.2, 0) is 6.42 Å². The average Bonchev–Trinajstić information content (AvgIpc) is 2.25. The van der Waals surface area contributed by atoms with E-state index in [0.717, 1.165) is 24.1 Å². The second-order valence-electron chi connectivity index (χ2n) is 3.46. The molecule has 3 nitrogen and oxygen atoms in total. The molecule has 1 rings (SSSR count). The van der Waals surface area contributed by atoms with E-state index in [9.17, 15) is 4.79 Å². The summed E-state index contributed by atoms with van der Waals surface area (Å²) in [7, 11) is 0. The van der Waals surface area contributed by atoms with Gasteiger partial charge in [-0.1, -0.05) is 26.0 Å². The molecule has 0 aromatic heterocycles. The highest BCUT2D eigenvalue weighted by atomic mass is 16.4. The van der Waals surface area contributed by atoms with Crippen LogP contribution in [0.2, 0.25) is 0 Å². The SMILES string of the molecule is CCCN(C(=O)O)c1cccc(CC)c1. The first kappa shape index (κ1) is 11.6. The van der Waals surface area contributed by atoms with Crippen LogP contribution in [0.15, 0.2) is 24.3 Å². The maximum atomic E-state index is 11.0. The molecule has 1 N–H and O–H groups in total. The zero-order valence-electron chi connectivity index (χ0n) is 9.23. The van der Waals surface area contributed by atoms with E-state index in [0.29, 0.717) is 6.54 Å². The molecule has 0 aliphatic carbocycles. The van der Waals surface area contributed by atoms with Crippen LogP contribution < -0.4 is 4.90 Å². The minimum atomic E-state index is -0.884. The summed E-state index contributed by atoms with van der Waals surface area (Å²) in [5.41, 5.74) is 1.93. The summed E-state index contributed by atoms with van der Waals surface area (Å²) < 4.78 is 0. The summed E-state index contributed by atoms with van der Waals surface area (Å²) in [4.78, 5) is 12.4. The number of carbonyl (C=O) groups is 1. The molecule has 0 saturated carbocycles. The van der Waals surface area contributed by atoms with Gasteiger partial charge < -0.3 is 5.11 Å². The molecule has 1 aromatic carbocycles. The molecule has 0 saturated heterocycles. The predicted molar refractivity (Wildman–Crippen MR) is 61.5 cm³/mol. The fourth-order valence-corrected chi connectivity index (χ4v) is 1.50. The number of hydrogen-bond donors (Lipinski definition) is 1. The molecule has 1 amide bonds. The van der Waals surface area contributed by atoms with Crippen molar-refractivity contribution in [3.05, 3.63) is 29.8 Å². The van der Waals surface area contributed by atoms with Crippen LogP contribution in [0.1, 0.15) is 25.8 Å². The average molecular weight is 207 g/mol. The summed E-state index contributed by atoms with van der Waals surface area (Å²) >= 11 is 0. The van der Waals surface area contributed by atoms with E-state index in [1.807, 2.05) is 31.2 Å². The largest absolute Gasteiger partial charge is 0.465 e. The van der Waals surface area contributed by atoms with Crippen LogP contribution in [0.25, 0.3) is 0 Å². The van der Waals surface area contributed by atoms with Crippen molar-refractivity contribution in [3.63, 3.8) is 0 Å². The monoisotopic (exact) mass is 207 g/mol. The lowest BCUT2D eigenvalue weighted by molar-refractivity contribution is 0.202. The Morgan fingerprint density at radius 3 is 2.67 bits per heavy atom. The van der Waals surface area contributed by atoms with Gasteiger partial charge in [-0.2, -0.15) is 0 Å². The third-order valence-electron chi connectivity index (χ3n) is 2.31.